The second-order valence-corrected chi connectivity index (χ2v) is 10.5. The van der Waals surface area contributed by atoms with E-state index in [1.165, 1.54) is 12.3 Å². The van der Waals surface area contributed by atoms with Crippen LogP contribution in [-0.2, 0) is 22.6 Å². The summed E-state index contributed by atoms with van der Waals surface area (Å²) in [5.74, 6) is -0.0102. The summed E-state index contributed by atoms with van der Waals surface area (Å²) in [4.78, 5) is 26.1. The Labute approximate surface area is 259 Å². The van der Waals surface area contributed by atoms with Gasteiger partial charge in [0.05, 0.1) is 11.2 Å². The Hall–Kier alpha value is -4.04. The Kier molecular flexibility index (Phi) is 11.2. The van der Waals surface area contributed by atoms with E-state index in [1.54, 1.807) is 31.2 Å². The molecular weight excluding hydrogens is 597 g/mol. The van der Waals surface area contributed by atoms with Crippen molar-refractivity contribution in [1.82, 2.24) is 10.7 Å². The SMILES string of the molecule is C[C@@H](Oc1ccc(Cl)cc1Cl)C(=O)N[C@@H](Cc1ccccc1)C(=O)N/N=C\c1ccc(OCc2ccccc2Cl)cc1. The summed E-state index contributed by atoms with van der Waals surface area (Å²) >= 11 is 18.3. The Bertz CT molecular complexity index is 1530. The molecule has 0 radical (unpaired) electrons. The van der Waals surface area contributed by atoms with Gasteiger partial charge in [-0.25, -0.2) is 5.43 Å². The van der Waals surface area contributed by atoms with Crippen LogP contribution in [0, 0.1) is 0 Å². The molecule has 0 aliphatic rings. The summed E-state index contributed by atoms with van der Waals surface area (Å²) in [5.41, 5.74) is 5.02. The number of carbonyl (C=O) groups excluding carboxylic acids is 2. The van der Waals surface area contributed by atoms with Crippen LogP contribution in [0.25, 0.3) is 0 Å². The van der Waals surface area contributed by atoms with E-state index in [9.17, 15) is 9.59 Å². The highest BCUT2D eigenvalue weighted by molar-refractivity contribution is 6.35. The number of amides is 2. The zero-order valence-electron chi connectivity index (χ0n) is 22.6. The first-order valence-electron chi connectivity index (χ1n) is 13.0. The van der Waals surface area contributed by atoms with Gasteiger partial charge in [-0.1, -0.05) is 83.3 Å². The number of hydrazone groups is 1. The van der Waals surface area contributed by atoms with E-state index in [-0.39, 0.29) is 11.4 Å². The molecule has 0 unspecified atom stereocenters. The van der Waals surface area contributed by atoms with Crippen molar-refractivity contribution in [1.29, 1.82) is 0 Å². The number of halogens is 3. The van der Waals surface area contributed by atoms with E-state index in [2.05, 4.69) is 15.8 Å². The topological polar surface area (TPSA) is 89.0 Å². The predicted molar refractivity (Wildman–Crippen MR) is 167 cm³/mol. The lowest BCUT2D eigenvalue weighted by atomic mass is 10.1. The van der Waals surface area contributed by atoms with E-state index in [0.717, 1.165) is 16.7 Å². The van der Waals surface area contributed by atoms with Crippen molar-refractivity contribution < 1.29 is 19.1 Å². The zero-order valence-corrected chi connectivity index (χ0v) is 24.9. The van der Waals surface area contributed by atoms with Crippen LogP contribution in [0.4, 0.5) is 0 Å². The first-order chi connectivity index (χ1) is 20.3. The fourth-order valence-electron chi connectivity index (χ4n) is 3.84. The molecule has 216 valence electrons. The molecule has 0 aliphatic carbocycles. The van der Waals surface area contributed by atoms with Crippen molar-refractivity contribution in [3.63, 3.8) is 0 Å². The molecule has 0 saturated carbocycles. The Morgan fingerprint density at radius 3 is 2.29 bits per heavy atom. The Morgan fingerprint density at radius 1 is 0.857 bits per heavy atom. The average molecular weight is 625 g/mol. The van der Waals surface area contributed by atoms with Gasteiger partial charge in [0, 0.05) is 22.0 Å². The molecule has 0 saturated heterocycles. The maximum absolute atomic E-state index is 13.1. The van der Waals surface area contributed by atoms with Gasteiger partial charge >= 0.3 is 0 Å². The Balaban J connectivity index is 1.35. The first kappa shape index (κ1) is 30.9. The average Bonchev–Trinajstić information content (AvgIpc) is 2.99. The third kappa shape index (κ3) is 9.24. The van der Waals surface area contributed by atoms with Crippen molar-refractivity contribution in [3.05, 3.63) is 129 Å². The molecule has 0 spiro atoms. The number of carbonyl (C=O) groups is 2. The lowest BCUT2D eigenvalue weighted by molar-refractivity contribution is -0.132. The molecule has 2 amide bonds. The van der Waals surface area contributed by atoms with E-state index in [1.807, 2.05) is 66.7 Å². The molecule has 0 fully saturated rings. The molecule has 42 heavy (non-hydrogen) atoms. The van der Waals surface area contributed by atoms with Crippen molar-refractivity contribution in [3.8, 4) is 11.5 Å². The molecule has 2 atom stereocenters. The van der Waals surface area contributed by atoms with Crippen LogP contribution < -0.4 is 20.2 Å². The van der Waals surface area contributed by atoms with E-state index in [0.29, 0.717) is 28.2 Å². The van der Waals surface area contributed by atoms with Gasteiger partial charge < -0.3 is 14.8 Å². The number of hydrogen-bond acceptors (Lipinski definition) is 5. The number of ether oxygens (including phenoxy) is 2. The van der Waals surface area contributed by atoms with Crippen molar-refractivity contribution >= 4 is 52.8 Å². The molecule has 2 N–H and O–H groups in total. The van der Waals surface area contributed by atoms with Crippen LogP contribution >= 0.6 is 34.8 Å². The van der Waals surface area contributed by atoms with E-state index < -0.39 is 24.0 Å². The molecular formula is C32H28Cl3N3O4. The number of rotatable bonds is 12. The minimum atomic E-state index is -0.933. The number of nitrogens with zero attached hydrogens (tertiary/aromatic N) is 1. The highest BCUT2D eigenvalue weighted by atomic mass is 35.5. The van der Waals surface area contributed by atoms with Gasteiger partial charge in [0.15, 0.2) is 6.10 Å². The van der Waals surface area contributed by atoms with E-state index in [4.69, 9.17) is 44.3 Å². The molecule has 7 nitrogen and oxygen atoms in total. The zero-order chi connectivity index (χ0) is 29.9. The fraction of sp³-hybridized carbons (Fsp3) is 0.156. The fourth-order valence-corrected chi connectivity index (χ4v) is 4.48. The van der Waals surface area contributed by atoms with Crippen LogP contribution in [0.3, 0.4) is 0 Å². The quantitative estimate of drug-likeness (QED) is 0.133. The molecule has 0 heterocycles. The van der Waals surface area contributed by atoms with Crippen LogP contribution in [0.1, 0.15) is 23.6 Å². The summed E-state index contributed by atoms with van der Waals surface area (Å²) in [7, 11) is 0. The largest absolute Gasteiger partial charge is 0.489 e. The summed E-state index contributed by atoms with van der Waals surface area (Å²) in [6, 6.07) is 27.8. The smallest absolute Gasteiger partial charge is 0.262 e. The maximum atomic E-state index is 13.1. The normalized spacial score (nSPS) is 12.4. The summed E-state index contributed by atoms with van der Waals surface area (Å²) < 4.78 is 11.5. The molecule has 4 aromatic carbocycles. The van der Waals surface area contributed by atoms with Gasteiger partial charge in [0.25, 0.3) is 11.8 Å². The number of nitrogens with one attached hydrogen (secondary N) is 2. The minimum absolute atomic E-state index is 0.250. The number of hydrogen-bond donors (Lipinski definition) is 2. The predicted octanol–water partition coefficient (Wildman–Crippen LogP) is 6.87. The second-order valence-electron chi connectivity index (χ2n) is 9.27. The summed E-state index contributed by atoms with van der Waals surface area (Å²) in [5, 5.41) is 8.21. The lowest BCUT2D eigenvalue weighted by Crippen LogP contribution is -2.50. The molecule has 0 aliphatic heterocycles. The monoisotopic (exact) mass is 623 g/mol. The summed E-state index contributed by atoms with van der Waals surface area (Å²) in [6.45, 7) is 1.91. The Morgan fingerprint density at radius 2 is 1.57 bits per heavy atom. The second kappa shape index (κ2) is 15.3. The number of benzene rings is 4. The van der Waals surface area contributed by atoms with Crippen LogP contribution in [0.5, 0.6) is 11.5 Å². The first-order valence-corrected chi connectivity index (χ1v) is 14.2. The molecule has 4 rings (SSSR count). The highest BCUT2D eigenvalue weighted by Gasteiger charge is 2.25. The van der Waals surface area contributed by atoms with Crippen LogP contribution in [-0.4, -0.2) is 30.2 Å². The third-order valence-corrected chi connectivity index (χ3v) is 7.00. The third-order valence-electron chi connectivity index (χ3n) is 6.10. The molecule has 4 aromatic rings. The highest BCUT2D eigenvalue weighted by Crippen LogP contribution is 2.28. The van der Waals surface area contributed by atoms with Crippen LogP contribution in [0.2, 0.25) is 15.1 Å². The molecule has 10 heteroatoms. The van der Waals surface area contributed by atoms with Gasteiger partial charge in [-0.2, -0.15) is 5.10 Å². The lowest BCUT2D eigenvalue weighted by Gasteiger charge is -2.21. The molecule has 0 bridgehead atoms. The van der Waals surface area contributed by atoms with Crippen LogP contribution in [0.15, 0.2) is 102 Å². The van der Waals surface area contributed by atoms with Gasteiger partial charge in [-0.3, -0.25) is 9.59 Å². The van der Waals surface area contributed by atoms with Gasteiger partial charge in [0.2, 0.25) is 0 Å². The van der Waals surface area contributed by atoms with E-state index >= 15 is 0 Å². The van der Waals surface area contributed by atoms with Crippen molar-refractivity contribution in [2.75, 3.05) is 0 Å². The summed E-state index contributed by atoms with van der Waals surface area (Å²) in [6.07, 6.45) is 0.822. The van der Waals surface area contributed by atoms with Crippen molar-refractivity contribution in [2.24, 2.45) is 5.10 Å². The maximum Gasteiger partial charge on any atom is 0.262 e. The van der Waals surface area contributed by atoms with Crippen molar-refractivity contribution in [2.45, 2.75) is 32.1 Å². The van der Waals surface area contributed by atoms with Gasteiger partial charge in [-0.15, -0.1) is 0 Å². The minimum Gasteiger partial charge on any atom is -0.489 e. The molecule has 0 aromatic heterocycles. The standard InChI is InChI=1S/C32H28Cl3N3O4/c1-21(42-30-16-13-25(33)18-28(30)35)31(39)37-29(17-22-7-3-2-4-8-22)32(40)38-36-19-23-11-14-26(15-12-23)41-20-24-9-5-6-10-27(24)34/h2-16,18-19,21,29H,17,20H2,1H3,(H,37,39)(H,38,40)/b36-19-/t21-,29+/m1/s1. The van der Waals surface area contributed by atoms with Gasteiger partial charge in [-0.05, 0) is 66.6 Å². The van der Waals surface area contributed by atoms with Gasteiger partial charge in [0.1, 0.15) is 24.1 Å².